The zero-order chi connectivity index (χ0) is 8.04. The van der Waals surface area contributed by atoms with Gasteiger partial charge in [0.1, 0.15) is 0 Å². The van der Waals surface area contributed by atoms with Crippen LogP contribution in [-0.4, -0.2) is 32.5 Å². The van der Waals surface area contributed by atoms with Gasteiger partial charge in [-0.05, 0) is 0 Å². The molecule has 0 heterocycles. The van der Waals surface area contributed by atoms with E-state index in [2.05, 4.69) is 10.8 Å². The Kier molecular flexibility index (Phi) is 4.26. The molecule has 5 heteroatoms. The Labute approximate surface area is 60.3 Å². The predicted octanol–water partition coefficient (Wildman–Crippen LogP) is -0.489. The number of aliphatic hydroxyl groups excluding tert-OH is 1. The molecule has 0 rings (SSSR count). The van der Waals surface area contributed by atoms with Crippen molar-refractivity contribution in [3.8, 4) is 0 Å². The third-order valence-electron chi connectivity index (χ3n) is 0.707. The molecule has 0 aromatic carbocycles. The maximum atomic E-state index is 10.6. The van der Waals surface area contributed by atoms with Crippen molar-refractivity contribution in [3.63, 3.8) is 0 Å². The molecule has 0 saturated carbocycles. The summed E-state index contributed by atoms with van der Waals surface area (Å²) >= 11 is 0. The maximum Gasteiger partial charge on any atom is 0.269 e. The maximum absolute atomic E-state index is 10.6. The van der Waals surface area contributed by atoms with E-state index in [9.17, 15) is 8.42 Å². The fraction of sp³-hybridized carbons (Fsp3) is 0.600. The third kappa shape index (κ3) is 4.49. The summed E-state index contributed by atoms with van der Waals surface area (Å²) in [5, 5.41) is 8.22. The van der Waals surface area contributed by atoms with Crippen LogP contribution in [0.25, 0.3) is 0 Å². The molecule has 0 aliphatic rings. The molecule has 0 atom stereocenters. The van der Waals surface area contributed by atoms with Crippen molar-refractivity contribution in [2.45, 2.75) is 0 Å². The summed E-state index contributed by atoms with van der Waals surface area (Å²) in [5.41, 5.74) is 0. The predicted molar refractivity (Wildman–Crippen MR) is 37.0 cm³/mol. The summed E-state index contributed by atoms with van der Waals surface area (Å²) in [7, 11) is -3.52. The molecule has 60 valence electrons. The Morgan fingerprint density at radius 1 is 1.60 bits per heavy atom. The largest absolute Gasteiger partial charge is 0.395 e. The van der Waals surface area contributed by atoms with Crippen molar-refractivity contribution in [2.75, 3.05) is 19.0 Å². The van der Waals surface area contributed by atoms with Gasteiger partial charge in [0.25, 0.3) is 10.1 Å². The van der Waals surface area contributed by atoms with E-state index in [0.717, 1.165) is 0 Å². The highest BCUT2D eigenvalue weighted by Gasteiger charge is 2.07. The van der Waals surface area contributed by atoms with Crippen LogP contribution in [0.1, 0.15) is 0 Å². The van der Waals surface area contributed by atoms with E-state index in [1.807, 2.05) is 0 Å². The Hall–Kier alpha value is -0.390. The molecular formula is C5H10O4S. The molecule has 0 fully saturated rings. The molecular weight excluding hydrogens is 156 g/mol. The molecule has 0 aromatic heterocycles. The number of hydrogen-bond donors (Lipinski definition) is 1. The summed E-state index contributed by atoms with van der Waals surface area (Å²) < 4.78 is 25.4. The first-order chi connectivity index (χ1) is 4.62. The summed E-state index contributed by atoms with van der Waals surface area (Å²) in [6.45, 7) is 2.82. The first-order valence-corrected chi connectivity index (χ1v) is 4.29. The van der Waals surface area contributed by atoms with Gasteiger partial charge in [-0.2, -0.15) is 8.42 Å². The smallest absolute Gasteiger partial charge is 0.269 e. The van der Waals surface area contributed by atoms with E-state index in [4.69, 9.17) is 5.11 Å². The van der Waals surface area contributed by atoms with E-state index in [-0.39, 0.29) is 12.4 Å². The molecule has 0 bridgehead atoms. The second kappa shape index (κ2) is 4.43. The van der Waals surface area contributed by atoms with Gasteiger partial charge in [0, 0.05) is 0 Å². The molecule has 10 heavy (non-hydrogen) atoms. The van der Waals surface area contributed by atoms with Crippen LogP contribution in [0.4, 0.5) is 0 Å². The lowest BCUT2D eigenvalue weighted by molar-refractivity contribution is 0.304. The highest BCUT2D eigenvalue weighted by Crippen LogP contribution is 1.91. The SMILES string of the molecule is C=CCOS(=O)(=O)CCO. The minimum absolute atomic E-state index is 0.0394. The summed E-state index contributed by atoms with van der Waals surface area (Å²) in [4.78, 5) is 0. The summed E-state index contributed by atoms with van der Waals surface area (Å²) in [5.74, 6) is -0.360. The van der Waals surface area contributed by atoms with Gasteiger partial charge in [0.05, 0.1) is 19.0 Å². The first kappa shape index (κ1) is 9.61. The summed E-state index contributed by atoms with van der Waals surface area (Å²) in [6.07, 6.45) is 1.33. The van der Waals surface area contributed by atoms with Crippen LogP contribution >= 0.6 is 0 Å². The first-order valence-electron chi connectivity index (χ1n) is 2.71. The molecule has 1 N–H and O–H groups in total. The van der Waals surface area contributed by atoms with Crippen molar-refractivity contribution < 1.29 is 17.7 Å². The molecule has 0 radical (unpaired) electrons. The lowest BCUT2D eigenvalue weighted by Crippen LogP contribution is -2.13. The fourth-order valence-corrected chi connectivity index (χ4v) is 0.968. The van der Waals surface area contributed by atoms with Gasteiger partial charge < -0.3 is 5.11 Å². The van der Waals surface area contributed by atoms with Crippen LogP contribution in [0.3, 0.4) is 0 Å². The van der Waals surface area contributed by atoms with Gasteiger partial charge in [-0.1, -0.05) is 6.08 Å². The number of hydrogen-bond acceptors (Lipinski definition) is 4. The zero-order valence-electron chi connectivity index (χ0n) is 5.49. The van der Waals surface area contributed by atoms with Gasteiger partial charge in [0.15, 0.2) is 0 Å². The Balaban J connectivity index is 3.76. The topological polar surface area (TPSA) is 63.6 Å². The molecule has 0 aliphatic carbocycles. The average Bonchev–Trinajstić information content (AvgIpc) is 1.84. The highest BCUT2D eigenvalue weighted by molar-refractivity contribution is 7.86. The van der Waals surface area contributed by atoms with Crippen LogP contribution in [0.5, 0.6) is 0 Å². The van der Waals surface area contributed by atoms with Gasteiger partial charge in [0.2, 0.25) is 0 Å². The minimum atomic E-state index is -3.52. The molecule has 0 unspecified atom stereocenters. The minimum Gasteiger partial charge on any atom is -0.395 e. The monoisotopic (exact) mass is 166 g/mol. The van der Waals surface area contributed by atoms with Gasteiger partial charge in [-0.3, -0.25) is 4.18 Å². The normalized spacial score (nSPS) is 11.3. The molecule has 0 saturated heterocycles. The quantitative estimate of drug-likeness (QED) is 0.442. The second-order valence-corrected chi connectivity index (χ2v) is 3.32. The Morgan fingerprint density at radius 3 is 2.60 bits per heavy atom. The van der Waals surface area contributed by atoms with Crippen LogP contribution < -0.4 is 0 Å². The van der Waals surface area contributed by atoms with E-state index < -0.39 is 16.7 Å². The van der Waals surface area contributed by atoms with Crippen LogP contribution in [-0.2, 0) is 14.3 Å². The van der Waals surface area contributed by atoms with Crippen molar-refractivity contribution in [1.82, 2.24) is 0 Å². The Bertz CT molecular complexity index is 182. The van der Waals surface area contributed by atoms with Gasteiger partial charge in [-0.25, -0.2) is 0 Å². The van der Waals surface area contributed by atoms with Gasteiger partial charge >= 0.3 is 0 Å². The molecule has 0 amide bonds. The van der Waals surface area contributed by atoms with Crippen LogP contribution in [0.2, 0.25) is 0 Å². The fourth-order valence-electron chi connectivity index (χ4n) is 0.323. The summed E-state index contributed by atoms with van der Waals surface area (Å²) in [6, 6.07) is 0. The molecule has 4 nitrogen and oxygen atoms in total. The second-order valence-electron chi connectivity index (χ2n) is 1.56. The van der Waals surface area contributed by atoms with Crippen molar-refractivity contribution >= 4 is 10.1 Å². The third-order valence-corrected chi connectivity index (χ3v) is 1.88. The molecule has 0 spiro atoms. The van der Waals surface area contributed by atoms with E-state index >= 15 is 0 Å². The van der Waals surface area contributed by atoms with E-state index in [1.165, 1.54) is 6.08 Å². The van der Waals surface area contributed by atoms with E-state index in [0.29, 0.717) is 0 Å². The van der Waals surface area contributed by atoms with Crippen molar-refractivity contribution in [1.29, 1.82) is 0 Å². The standard InChI is InChI=1S/C5H10O4S/c1-2-4-9-10(7,8)5-3-6/h2,6H,1,3-5H2. The van der Waals surface area contributed by atoms with Crippen LogP contribution in [0, 0.1) is 0 Å². The Morgan fingerprint density at radius 2 is 2.20 bits per heavy atom. The van der Waals surface area contributed by atoms with Crippen LogP contribution in [0.15, 0.2) is 12.7 Å². The molecule has 0 aliphatic heterocycles. The van der Waals surface area contributed by atoms with E-state index in [1.54, 1.807) is 0 Å². The van der Waals surface area contributed by atoms with Crippen molar-refractivity contribution in [2.24, 2.45) is 0 Å². The zero-order valence-corrected chi connectivity index (χ0v) is 6.30. The van der Waals surface area contributed by atoms with Gasteiger partial charge in [-0.15, -0.1) is 6.58 Å². The number of aliphatic hydroxyl groups is 1. The lowest BCUT2D eigenvalue weighted by Gasteiger charge is -1.98. The molecule has 0 aromatic rings. The van der Waals surface area contributed by atoms with Crippen molar-refractivity contribution in [3.05, 3.63) is 12.7 Å². The highest BCUT2D eigenvalue weighted by atomic mass is 32.2. The average molecular weight is 166 g/mol. The number of rotatable bonds is 5. The lowest BCUT2D eigenvalue weighted by atomic mass is 10.7.